The van der Waals surface area contributed by atoms with Crippen LogP contribution in [0.2, 0.25) is 0 Å². The summed E-state index contributed by atoms with van der Waals surface area (Å²) in [4.78, 5) is 15.3. The van der Waals surface area contributed by atoms with Crippen LogP contribution in [0.1, 0.15) is 12.8 Å². The van der Waals surface area contributed by atoms with E-state index in [9.17, 15) is 10.1 Å². The molecule has 0 unspecified atom stereocenters. The maximum absolute atomic E-state index is 11.1. The average Bonchev–Trinajstić information content (AvgIpc) is 2.80. The molecule has 1 fully saturated rings. The minimum absolute atomic E-state index is 0.00172. The van der Waals surface area contributed by atoms with Gasteiger partial charge in [-0.15, -0.1) is 0 Å². The summed E-state index contributed by atoms with van der Waals surface area (Å²) in [6, 6.07) is 0. The molecule has 96 valence electrons. The van der Waals surface area contributed by atoms with Crippen LogP contribution in [-0.2, 0) is 0 Å². The van der Waals surface area contributed by atoms with Gasteiger partial charge in [0.15, 0.2) is 0 Å². The molecule has 2 aromatic rings. The van der Waals surface area contributed by atoms with Crippen molar-refractivity contribution in [2.24, 2.45) is 11.7 Å². The Morgan fingerprint density at radius 1 is 1.67 bits per heavy atom. The number of hydrogen-bond acceptors (Lipinski definition) is 6. The van der Waals surface area contributed by atoms with E-state index in [2.05, 4.69) is 4.98 Å². The zero-order chi connectivity index (χ0) is 12.7. The highest BCUT2D eigenvalue weighted by Gasteiger charge is 2.34. The van der Waals surface area contributed by atoms with Gasteiger partial charge in [0, 0.05) is 5.38 Å². The molecule has 7 nitrogen and oxygen atoms in total. The fourth-order valence-electron chi connectivity index (χ4n) is 2.12. The summed E-state index contributed by atoms with van der Waals surface area (Å²) in [5.74, 6) is 0.493. The fourth-order valence-corrected chi connectivity index (χ4v) is 2.82. The molecule has 0 aromatic carbocycles. The van der Waals surface area contributed by atoms with Crippen LogP contribution in [-0.4, -0.2) is 27.0 Å². The van der Waals surface area contributed by atoms with Gasteiger partial charge in [-0.3, -0.25) is 0 Å². The first-order valence-electron chi connectivity index (χ1n) is 5.65. The number of nitrogens with zero attached hydrogens (tertiary/aromatic N) is 3. The van der Waals surface area contributed by atoms with E-state index >= 15 is 0 Å². The van der Waals surface area contributed by atoms with E-state index in [-0.39, 0.29) is 17.8 Å². The number of aromatic nitrogens is 2. The van der Waals surface area contributed by atoms with Crippen molar-refractivity contribution >= 4 is 22.1 Å². The van der Waals surface area contributed by atoms with Crippen molar-refractivity contribution in [3.63, 3.8) is 0 Å². The smallest absolute Gasteiger partial charge is 0.393 e. The number of ether oxygens (including phenoxy) is 1. The van der Waals surface area contributed by atoms with Crippen LogP contribution in [0.4, 0.5) is 5.82 Å². The summed E-state index contributed by atoms with van der Waals surface area (Å²) in [5.41, 5.74) is 5.53. The number of imidazole rings is 1. The van der Waals surface area contributed by atoms with E-state index in [0.29, 0.717) is 17.4 Å². The topological polar surface area (TPSA) is 95.7 Å². The van der Waals surface area contributed by atoms with Crippen LogP contribution in [0.5, 0.6) is 5.88 Å². The highest BCUT2D eigenvalue weighted by Crippen LogP contribution is 2.35. The van der Waals surface area contributed by atoms with Crippen LogP contribution < -0.4 is 10.5 Å². The van der Waals surface area contributed by atoms with E-state index in [1.165, 1.54) is 15.7 Å². The van der Waals surface area contributed by atoms with Gasteiger partial charge in [-0.1, -0.05) is 11.3 Å². The quantitative estimate of drug-likeness (QED) is 0.668. The van der Waals surface area contributed by atoms with Gasteiger partial charge in [-0.25, -0.2) is 0 Å². The number of nitrogens with two attached hydrogens (primary N) is 1. The van der Waals surface area contributed by atoms with Crippen LogP contribution in [0, 0.1) is 16.0 Å². The van der Waals surface area contributed by atoms with Crippen molar-refractivity contribution in [3.8, 4) is 5.88 Å². The van der Waals surface area contributed by atoms with Crippen LogP contribution in [0.3, 0.4) is 0 Å². The van der Waals surface area contributed by atoms with Crippen molar-refractivity contribution in [1.82, 2.24) is 9.38 Å². The highest BCUT2D eigenvalue weighted by molar-refractivity contribution is 7.15. The van der Waals surface area contributed by atoms with Gasteiger partial charge >= 0.3 is 11.7 Å². The SMILES string of the molecule is NCC1CC(Oc2nc3sccn3c2[N+](=O)[O-])C1. The van der Waals surface area contributed by atoms with Crippen molar-refractivity contribution in [1.29, 1.82) is 0 Å². The average molecular weight is 268 g/mol. The zero-order valence-electron chi connectivity index (χ0n) is 9.48. The van der Waals surface area contributed by atoms with Crippen molar-refractivity contribution in [2.45, 2.75) is 18.9 Å². The maximum atomic E-state index is 11.1. The van der Waals surface area contributed by atoms with Crippen LogP contribution in [0.25, 0.3) is 4.96 Å². The molecule has 2 N–H and O–H groups in total. The molecule has 1 aliphatic rings. The predicted molar refractivity (Wildman–Crippen MR) is 65.9 cm³/mol. The second-order valence-corrected chi connectivity index (χ2v) is 5.24. The Morgan fingerprint density at radius 2 is 2.44 bits per heavy atom. The summed E-state index contributed by atoms with van der Waals surface area (Å²) in [5, 5.41) is 12.8. The Bertz CT molecular complexity index is 587. The van der Waals surface area contributed by atoms with Gasteiger partial charge < -0.3 is 20.6 Å². The molecule has 0 saturated heterocycles. The molecule has 0 atom stereocenters. The first kappa shape index (κ1) is 11.4. The lowest BCUT2D eigenvalue weighted by Gasteiger charge is -2.33. The third kappa shape index (κ3) is 1.73. The summed E-state index contributed by atoms with van der Waals surface area (Å²) >= 11 is 1.34. The second kappa shape index (κ2) is 4.21. The van der Waals surface area contributed by atoms with Gasteiger partial charge in [0.05, 0.1) is 0 Å². The highest BCUT2D eigenvalue weighted by atomic mass is 32.1. The molecular weight excluding hydrogens is 256 g/mol. The molecular formula is C10H12N4O3S. The summed E-state index contributed by atoms with van der Waals surface area (Å²) in [6.45, 7) is 0.639. The number of nitro groups is 1. The minimum Gasteiger partial charge on any atom is -0.468 e. The Balaban J connectivity index is 1.85. The van der Waals surface area contributed by atoms with Crippen LogP contribution >= 0.6 is 11.3 Å². The van der Waals surface area contributed by atoms with Crippen LogP contribution in [0.15, 0.2) is 11.6 Å². The normalized spacial score (nSPS) is 22.9. The fraction of sp³-hybridized carbons (Fsp3) is 0.500. The van der Waals surface area contributed by atoms with Gasteiger partial charge in [0.2, 0.25) is 0 Å². The van der Waals surface area contributed by atoms with Gasteiger partial charge in [0.1, 0.15) is 12.3 Å². The molecule has 3 rings (SSSR count). The minimum atomic E-state index is -0.457. The monoisotopic (exact) mass is 268 g/mol. The molecule has 2 heterocycles. The number of fused-ring (bicyclic) bond motifs is 1. The Kier molecular flexibility index (Phi) is 2.67. The molecule has 2 aromatic heterocycles. The Hall–Kier alpha value is -1.67. The first-order valence-corrected chi connectivity index (χ1v) is 6.53. The molecule has 0 aliphatic heterocycles. The molecule has 0 amide bonds. The molecule has 1 saturated carbocycles. The molecule has 0 spiro atoms. The Morgan fingerprint density at radius 3 is 3.11 bits per heavy atom. The van der Waals surface area contributed by atoms with Crippen molar-refractivity contribution < 1.29 is 9.66 Å². The number of hydrogen-bond donors (Lipinski definition) is 1. The van der Waals surface area contributed by atoms with Gasteiger partial charge in [-0.05, 0) is 30.2 Å². The standard InChI is InChI=1S/C10H12N4O3S/c11-5-6-3-7(4-6)17-8-9(14(15)16)13-1-2-18-10(13)12-8/h1-2,6-7H,3-5,11H2. The van der Waals surface area contributed by atoms with Gasteiger partial charge in [0.25, 0.3) is 4.96 Å². The molecule has 0 bridgehead atoms. The predicted octanol–water partition coefficient (Wildman–Crippen LogP) is 1.42. The van der Waals surface area contributed by atoms with Crippen molar-refractivity contribution in [3.05, 3.63) is 21.7 Å². The third-order valence-electron chi connectivity index (χ3n) is 3.18. The van der Waals surface area contributed by atoms with Crippen molar-refractivity contribution in [2.75, 3.05) is 6.54 Å². The summed E-state index contributed by atoms with van der Waals surface area (Å²) < 4.78 is 7.04. The van der Waals surface area contributed by atoms with E-state index in [1.807, 2.05) is 0 Å². The lowest BCUT2D eigenvalue weighted by atomic mass is 9.82. The van der Waals surface area contributed by atoms with E-state index in [4.69, 9.17) is 10.5 Å². The zero-order valence-corrected chi connectivity index (χ0v) is 10.3. The lowest BCUT2D eigenvalue weighted by Crippen LogP contribution is -2.37. The maximum Gasteiger partial charge on any atom is 0.393 e. The third-order valence-corrected chi connectivity index (χ3v) is 3.94. The second-order valence-electron chi connectivity index (χ2n) is 4.37. The molecule has 18 heavy (non-hydrogen) atoms. The first-order chi connectivity index (χ1) is 8.69. The van der Waals surface area contributed by atoms with E-state index in [1.54, 1.807) is 11.6 Å². The summed E-state index contributed by atoms with van der Waals surface area (Å²) in [6.07, 6.45) is 3.32. The molecule has 8 heteroatoms. The number of thiazole rings is 1. The molecule has 1 aliphatic carbocycles. The molecule has 0 radical (unpaired) electrons. The largest absolute Gasteiger partial charge is 0.468 e. The van der Waals surface area contributed by atoms with E-state index in [0.717, 1.165) is 12.8 Å². The Labute approximate surface area is 106 Å². The summed E-state index contributed by atoms with van der Waals surface area (Å²) in [7, 11) is 0. The lowest BCUT2D eigenvalue weighted by molar-refractivity contribution is -0.391. The van der Waals surface area contributed by atoms with E-state index < -0.39 is 4.92 Å². The number of rotatable bonds is 4. The van der Waals surface area contributed by atoms with Gasteiger partial charge in [-0.2, -0.15) is 9.38 Å².